The standard InChI is InChI=1S/C25H19F5/c1-14-2-6-17(20(26)10-14)9-5-15-3-7-16(8-4-15)18-11-19-13-22(28)24(29)25(30)23(19)21(27)12-18/h2,6,10-13,15-16H,3-4,7-8H2,1H3. The van der Waals surface area contributed by atoms with Crippen LogP contribution in [0.4, 0.5) is 22.0 Å². The quantitative estimate of drug-likeness (QED) is 0.225. The van der Waals surface area contributed by atoms with Gasteiger partial charge in [-0.2, -0.15) is 0 Å². The van der Waals surface area contributed by atoms with Crippen LogP contribution in [0.2, 0.25) is 0 Å². The molecule has 1 aliphatic rings. The van der Waals surface area contributed by atoms with E-state index in [1.54, 1.807) is 6.07 Å². The summed E-state index contributed by atoms with van der Waals surface area (Å²) in [5.74, 6) is 0.436. The fourth-order valence-corrected chi connectivity index (χ4v) is 4.12. The van der Waals surface area contributed by atoms with Crippen LogP contribution in [0.25, 0.3) is 10.8 Å². The molecule has 0 nitrogen and oxygen atoms in total. The van der Waals surface area contributed by atoms with Gasteiger partial charge < -0.3 is 0 Å². The molecule has 4 rings (SSSR count). The van der Waals surface area contributed by atoms with E-state index in [4.69, 9.17) is 0 Å². The van der Waals surface area contributed by atoms with Crippen molar-refractivity contribution >= 4 is 10.8 Å². The van der Waals surface area contributed by atoms with Crippen molar-refractivity contribution in [2.45, 2.75) is 38.5 Å². The van der Waals surface area contributed by atoms with Gasteiger partial charge >= 0.3 is 0 Å². The highest BCUT2D eigenvalue weighted by Gasteiger charge is 2.24. The van der Waals surface area contributed by atoms with Gasteiger partial charge in [0.15, 0.2) is 17.5 Å². The molecule has 0 spiro atoms. The maximum atomic E-state index is 14.4. The zero-order valence-corrected chi connectivity index (χ0v) is 16.3. The third-order valence-corrected chi connectivity index (χ3v) is 5.78. The minimum atomic E-state index is -1.67. The largest absolute Gasteiger partial charge is 0.206 e. The molecule has 0 amide bonds. The van der Waals surface area contributed by atoms with Crippen LogP contribution in [-0.4, -0.2) is 0 Å². The van der Waals surface area contributed by atoms with Crippen LogP contribution in [0, 0.1) is 53.8 Å². The molecule has 154 valence electrons. The van der Waals surface area contributed by atoms with E-state index in [2.05, 4.69) is 11.8 Å². The van der Waals surface area contributed by atoms with Gasteiger partial charge in [0.1, 0.15) is 11.6 Å². The van der Waals surface area contributed by atoms with Crippen molar-refractivity contribution in [3.05, 3.63) is 82.2 Å². The van der Waals surface area contributed by atoms with Crippen LogP contribution in [0.5, 0.6) is 0 Å². The van der Waals surface area contributed by atoms with Crippen molar-refractivity contribution in [3.8, 4) is 11.8 Å². The first-order valence-corrected chi connectivity index (χ1v) is 9.88. The summed E-state index contributed by atoms with van der Waals surface area (Å²) in [5.41, 5.74) is 1.85. The zero-order chi connectivity index (χ0) is 21.4. The van der Waals surface area contributed by atoms with Crippen LogP contribution in [0.3, 0.4) is 0 Å². The van der Waals surface area contributed by atoms with Gasteiger partial charge in [-0.3, -0.25) is 0 Å². The minimum absolute atomic E-state index is 0.0122. The van der Waals surface area contributed by atoms with Crippen molar-refractivity contribution in [1.82, 2.24) is 0 Å². The van der Waals surface area contributed by atoms with Crippen molar-refractivity contribution in [2.75, 3.05) is 0 Å². The second-order valence-corrected chi connectivity index (χ2v) is 7.89. The number of aryl methyl sites for hydroxylation is 1. The Morgan fingerprint density at radius 3 is 2.20 bits per heavy atom. The lowest BCUT2D eigenvalue weighted by Crippen LogP contribution is -2.12. The van der Waals surface area contributed by atoms with Gasteiger partial charge in [-0.15, -0.1) is 0 Å². The first-order chi connectivity index (χ1) is 14.3. The lowest BCUT2D eigenvalue weighted by atomic mass is 9.78. The number of halogens is 5. The molecular weight excluding hydrogens is 395 g/mol. The molecule has 1 aliphatic carbocycles. The molecule has 0 saturated heterocycles. The summed E-state index contributed by atoms with van der Waals surface area (Å²) in [6.45, 7) is 1.82. The van der Waals surface area contributed by atoms with Gasteiger partial charge in [-0.1, -0.05) is 24.0 Å². The fourth-order valence-electron chi connectivity index (χ4n) is 4.12. The summed E-state index contributed by atoms with van der Waals surface area (Å²) in [6.07, 6.45) is 2.98. The smallest absolute Gasteiger partial charge is 0.195 e. The predicted molar refractivity (Wildman–Crippen MR) is 106 cm³/mol. The van der Waals surface area contributed by atoms with Crippen molar-refractivity contribution in [1.29, 1.82) is 0 Å². The van der Waals surface area contributed by atoms with E-state index in [0.717, 1.165) is 37.3 Å². The number of hydrogen-bond acceptors (Lipinski definition) is 0. The molecular formula is C25H19F5. The van der Waals surface area contributed by atoms with E-state index >= 15 is 0 Å². The highest BCUT2D eigenvalue weighted by Crippen LogP contribution is 2.38. The maximum absolute atomic E-state index is 14.4. The average Bonchev–Trinajstić information content (AvgIpc) is 2.71. The Kier molecular flexibility index (Phi) is 5.51. The zero-order valence-electron chi connectivity index (χ0n) is 16.3. The topological polar surface area (TPSA) is 0 Å². The van der Waals surface area contributed by atoms with Crippen molar-refractivity contribution < 1.29 is 22.0 Å². The summed E-state index contributed by atoms with van der Waals surface area (Å²) in [7, 11) is 0. The van der Waals surface area contributed by atoms with Crippen molar-refractivity contribution in [3.63, 3.8) is 0 Å². The second kappa shape index (κ2) is 8.10. The summed E-state index contributed by atoms with van der Waals surface area (Å²) in [6, 6.07) is 8.50. The molecule has 3 aromatic carbocycles. The number of hydrogen-bond donors (Lipinski definition) is 0. The Bertz CT molecular complexity index is 1180. The monoisotopic (exact) mass is 414 g/mol. The maximum Gasteiger partial charge on any atom is 0.195 e. The third kappa shape index (κ3) is 3.92. The van der Waals surface area contributed by atoms with E-state index in [0.29, 0.717) is 11.1 Å². The molecule has 1 fully saturated rings. The normalized spacial score (nSPS) is 18.9. The fraction of sp³-hybridized carbons (Fsp3) is 0.280. The highest BCUT2D eigenvalue weighted by molar-refractivity contribution is 5.84. The van der Waals surface area contributed by atoms with Crippen LogP contribution in [0.15, 0.2) is 36.4 Å². The first-order valence-electron chi connectivity index (χ1n) is 9.88. The minimum Gasteiger partial charge on any atom is -0.206 e. The van der Waals surface area contributed by atoms with E-state index in [1.165, 1.54) is 18.2 Å². The van der Waals surface area contributed by atoms with E-state index < -0.39 is 28.7 Å². The number of benzene rings is 3. The Balaban J connectivity index is 1.51. The van der Waals surface area contributed by atoms with Gasteiger partial charge in [-0.05, 0) is 79.3 Å². The lowest BCUT2D eigenvalue weighted by Gasteiger charge is -2.26. The number of fused-ring (bicyclic) bond motifs is 1. The molecule has 0 bridgehead atoms. The van der Waals surface area contributed by atoms with Crippen LogP contribution >= 0.6 is 0 Å². The lowest BCUT2D eigenvalue weighted by molar-refractivity contribution is 0.384. The summed E-state index contributed by atoms with van der Waals surface area (Å²) in [4.78, 5) is 0. The van der Waals surface area contributed by atoms with Crippen LogP contribution in [-0.2, 0) is 0 Å². The Morgan fingerprint density at radius 1 is 0.767 bits per heavy atom. The van der Waals surface area contributed by atoms with Gasteiger partial charge in [0.05, 0.1) is 10.9 Å². The number of rotatable bonds is 1. The van der Waals surface area contributed by atoms with E-state index in [1.807, 2.05) is 13.0 Å². The summed E-state index contributed by atoms with van der Waals surface area (Å²) < 4.78 is 69.3. The van der Waals surface area contributed by atoms with E-state index in [9.17, 15) is 22.0 Å². The molecule has 0 atom stereocenters. The Morgan fingerprint density at radius 2 is 1.50 bits per heavy atom. The van der Waals surface area contributed by atoms with Gasteiger partial charge in [-0.25, -0.2) is 22.0 Å². The van der Waals surface area contributed by atoms with Crippen molar-refractivity contribution in [2.24, 2.45) is 5.92 Å². The molecule has 1 saturated carbocycles. The molecule has 0 radical (unpaired) electrons. The molecule has 30 heavy (non-hydrogen) atoms. The molecule has 0 aromatic heterocycles. The average molecular weight is 414 g/mol. The Hall–Kier alpha value is -2.87. The molecule has 3 aromatic rings. The summed E-state index contributed by atoms with van der Waals surface area (Å²) in [5, 5.41) is -0.518. The van der Waals surface area contributed by atoms with Gasteiger partial charge in [0.2, 0.25) is 0 Å². The van der Waals surface area contributed by atoms with Gasteiger partial charge in [0.25, 0.3) is 0 Å². The molecule has 0 N–H and O–H groups in total. The van der Waals surface area contributed by atoms with Gasteiger partial charge in [0, 0.05) is 5.92 Å². The molecule has 0 heterocycles. The molecule has 0 unspecified atom stereocenters. The SMILES string of the molecule is Cc1ccc(C#CC2CCC(c3cc(F)c4c(F)c(F)c(F)cc4c3)CC2)c(F)c1. The van der Waals surface area contributed by atoms with Crippen LogP contribution in [0.1, 0.15) is 48.3 Å². The summed E-state index contributed by atoms with van der Waals surface area (Å²) >= 11 is 0. The third-order valence-electron chi connectivity index (χ3n) is 5.78. The Labute approximate surface area is 171 Å². The molecule has 0 aliphatic heterocycles. The van der Waals surface area contributed by atoms with Crippen LogP contribution < -0.4 is 0 Å². The predicted octanol–water partition coefficient (Wildman–Crippen LogP) is 7.17. The first kappa shape index (κ1) is 20.4. The van der Waals surface area contributed by atoms with E-state index in [-0.39, 0.29) is 23.0 Å². The highest BCUT2D eigenvalue weighted by atomic mass is 19.2. The second-order valence-electron chi connectivity index (χ2n) is 7.89. The molecule has 5 heteroatoms.